The van der Waals surface area contributed by atoms with Gasteiger partial charge in [-0.3, -0.25) is 4.79 Å². The SMILES string of the molecule is O=C(CCCc1cccs1)Nc1cc(Cl)ccc1Br. The van der Waals surface area contributed by atoms with E-state index < -0.39 is 0 Å². The first-order valence-electron chi connectivity index (χ1n) is 5.92. The second-order valence-corrected chi connectivity index (χ2v) is 6.43. The van der Waals surface area contributed by atoms with Crippen molar-refractivity contribution in [3.8, 4) is 0 Å². The number of amides is 1. The zero-order chi connectivity index (χ0) is 13.7. The van der Waals surface area contributed by atoms with Crippen LogP contribution in [-0.4, -0.2) is 5.91 Å². The van der Waals surface area contributed by atoms with E-state index in [1.807, 2.05) is 12.1 Å². The molecule has 2 rings (SSSR count). The van der Waals surface area contributed by atoms with Gasteiger partial charge in [-0.05, 0) is 58.4 Å². The highest BCUT2D eigenvalue weighted by molar-refractivity contribution is 9.10. The van der Waals surface area contributed by atoms with E-state index in [1.54, 1.807) is 23.5 Å². The van der Waals surface area contributed by atoms with Crippen LogP contribution >= 0.6 is 38.9 Å². The highest BCUT2D eigenvalue weighted by atomic mass is 79.9. The standard InChI is InChI=1S/C14H13BrClNOS/c15-12-7-6-10(16)9-13(12)17-14(18)5-1-3-11-4-2-8-19-11/h2,4,6-9H,1,3,5H2,(H,17,18). The summed E-state index contributed by atoms with van der Waals surface area (Å²) in [7, 11) is 0. The van der Waals surface area contributed by atoms with Crippen molar-refractivity contribution in [2.45, 2.75) is 19.3 Å². The first-order chi connectivity index (χ1) is 9.15. The van der Waals surface area contributed by atoms with Gasteiger partial charge in [0.15, 0.2) is 0 Å². The van der Waals surface area contributed by atoms with Crippen LogP contribution in [0.2, 0.25) is 5.02 Å². The number of halogens is 2. The highest BCUT2D eigenvalue weighted by Gasteiger charge is 2.06. The molecule has 0 fully saturated rings. The second kappa shape index (κ2) is 7.08. The van der Waals surface area contributed by atoms with Crippen LogP contribution in [0.25, 0.3) is 0 Å². The molecular weight excluding hydrogens is 346 g/mol. The Hall–Kier alpha value is -0.840. The fourth-order valence-corrected chi connectivity index (χ4v) is 2.95. The van der Waals surface area contributed by atoms with Gasteiger partial charge in [-0.25, -0.2) is 0 Å². The summed E-state index contributed by atoms with van der Waals surface area (Å²) in [5.74, 6) is 0.0134. The van der Waals surface area contributed by atoms with Gasteiger partial charge >= 0.3 is 0 Å². The Morgan fingerprint density at radius 3 is 2.95 bits per heavy atom. The molecule has 2 aromatic rings. The second-order valence-electron chi connectivity index (χ2n) is 4.11. The summed E-state index contributed by atoms with van der Waals surface area (Å²) in [6.45, 7) is 0. The molecule has 1 amide bonds. The molecule has 19 heavy (non-hydrogen) atoms. The molecule has 0 bridgehead atoms. The van der Waals surface area contributed by atoms with Crippen LogP contribution in [0.5, 0.6) is 0 Å². The van der Waals surface area contributed by atoms with Crippen LogP contribution < -0.4 is 5.32 Å². The highest BCUT2D eigenvalue weighted by Crippen LogP contribution is 2.26. The third-order valence-electron chi connectivity index (χ3n) is 2.61. The largest absolute Gasteiger partial charge is 0.325 e. The topological polar surface area (TPSA) is 29.1 Å². The van der Waals surface area contributed by atoms with Crippen molar-refractivity contribution < 1.29 is 4.79 Å². The van der Waals surface area contributed by atoms with Crippen LogP contribution in [0.1, 0.15) is 17.7 Å². The molecule has 0 saturated heterocycles. The van der Waals surface area contributed by atoms with E-state index in [9.17, 15) is 4.79 Å². The zero-order valence-corrected chi connectivity index (χ0v) is 13.3. The maximum absolute atomic E-state index is 11.8. The van der Waals surface area contributed by atoms with Gasteiger partial charge in [0.2, 0.25) is 5.91 Å². The van der Waals surface area contributed by atoms with Gasteiger partial charge in [-0.15, -0.1) is 11.3 Å². The summed E-state index contributed by atoms with van der Waals surface area (Å²) in [4.78, 5) is 13.1. The molecule has 2 nitrogen and oxygen atoms in total. The lowest BCUT2D eigenvalue weighted by atomic mass is 10.2. The van der Waals surface area contributed by atoms with Crippen molar-refractivity contribution >= 4 is 50.5 Å². The molecule has 0 saturated carbocycles. The van der Waals surface area contributed by atoms with Crippen LogP contribution in [-0.2, 0) is 11.2 Å². The number of carbonyl (C=O) groups is 1. The Balaban J connectivity index is 1.82. The molecular formula is C14H13BrClNOS. The summed E-state index contributed by atoms with van der Waals surface area (Å²) in [6.07, 6.45) is 2.31. The molecule has 1 heterocycles. The Labute approximate surface area is 129 Å². The van der Waals surface area contributed by atoms with Gasteiger partial charge in [0.05, 0.1) is 5.69 Å². The van der Waals surface area contributed by atoms with Gasteiger partial charge in [0, 0.05) is 20.8 Å². The molecule has 0 unspecified atom stereocenters. The van der Waals surface area contributed by atoms with Gasteiger partial charge < -0.3 is 5.32 Å². The summed E-state index contributed by atoms with van der Waals surface area (Å²) in [5, 5.41) is 5.53. The minimum absolute atomic E-state index is 0.0134. The average Bonchev–Trinajstić information content (AvgIpc) is 2.87. The Bertz CT molecular complexity index is 557. The summed E-state index contributed by atoms with van der Waals surface area (Å²) in [5.41, 5.74) is 0.716. The van der Waals surface area contributed by atoms with Crippen LogP contribution in [0, 0.1) is 0 Å². The van der Waals surface area contributed by atoms with Gasteiger partial charge in [0.1, 0.15) is 0 Å². The lowest BCUT2D eigenvalue weighted by Crippen LogP contribution is -2.11. The monoisotopic (exact) mass is 357 g/mol. The number of nitrogens with one attached hydrogen (secondary N) is 1. The molecule has 1 aromatic carbocycles. The minimum atomic E-state index is 0.0134. The predicted octanol–water partition coefficient (Wildman–Crippen LogP) is 5.13. The number of thiophene rings is 1. The number of rotatable bonds is 5. The van der Waals surface area contributed by atoms with Gasteiger partial charge in [0.25, 0.3) is 0 Å². The number of anilines is 1. The van der Waals surface area contributed by atoms with E-state index in [1.165, 1.54) is 4.88 Å². The summed E-state index contributed by atoms with van der Waals surface area (Å²) < 4.78 is 0.837. The van der Waals surface area contributed by atoms with Crippen LogP contribution in [0.4, 0.5) is 5.69 Å². The molecule has 5 heteroatoms. The smallest absolute Gasteiger partial charge is 0.224 e. The summed E-state index contributed by atoms with van der Waals surface area (Å²) in [6, 6.07) is 9.46. The molecule has 100 valence electrons. The molecule has 0 aliphatic heterocycles. The van der Waals surface area contributed by atoms with Crippen molar-refractivity contribution in [1.29, 1.82) is 0 Å². The van der Waals surface area contributed by atoms with Crippen molar-refractivity contribution in [2.75, 3.05) is 5.32 Å². The lowest BCUT2D eigenvalue weighted by Gasteiger charge is -2.07. The Morgan fingerprint density at radius 2 is 2.21 bits per heavy atom. The molecule has 0 aliphatic rings. The first kappa shape index (κ1) is 14.6. The molecule has 1 aromatic heterocycles. The summed E-state index contributed by atoms with van der Waals surface area (Å²) >= 11 is 11.0. The third kappa shape index (κ3) is 4.64. The maximum Gasteiger partial charge on any atom is 0.224 e. The maximum atomic E-state index is 11.8. The van der Waals surface area contributed by atoms with E-state index in [0.29, 0.717) is 17.1 Å². The Kier molecular flexibility index (Phi) is 5.43. The van der Waals surface area contributed by atoms with E-state index in [0.717, 1.165) is 17.3 Å². The van der Waals surface area contributed by atoms with Crippen LogP contribution in [0.15, 0.2) is 40.2 Å². The molecule has 0 spiro atoms. The molecule has 0 radical (unpaired) electrons. The molecule has 1 N–H and O–H groups in total. The molecule has 0 aliphatic carbocycles. The number of carbonyl (C=O) groups excluding carboxylic acids is 1. The fraction of sp³-hybridized carbons (Fsp3) is 0.214. The first-order valence-corrected chi connectivity index (χ1v) is 7.97. The Morgan fingerprint density at radius 1 is 1.37 bits per heavy atom. The predicted molar refractivity (Wildman–Crippen MR) is 85.0 cm³/mol. The number of benzene rings is 1. The van der Waals surface area contributed by atoms with E-state index in [4.69, 9.17) is 11.6 Å². The fourth-order valence-electron chi connectivity index (χ4n) is 1.68. The van der Waals surface area contributed by atoms with E-state index in [-0.39, 0.29) is 5.91 Å². The van der Waals surface area contributed by atoms with Crippen LogP contribution in [0.3, 0.4) is 0 Å². The van der Waals surface area contributed by atoms with Gasteiger partial charge in [-0.1, -0.05) is 17.7 Å². The van der Waals surface area contributed by atoms with Crippen molar-refractivity contribution in [2.24, 2.45) is 0 Å². The third-order valence-corrected chi connectivity index (χ3v) is 4.47. The van der Waals surface area contributed by atoms with E-state index >= 15 is 0 Å². The van der Waals surface area contributed by atoms with E-state index in [2.05, 4.69) is 32.7 Å². The van der Waals surface area contributed by atoms with Crippen molar-refractivity contribution in [1.82, 2.24) is 0 Å². The average molecular weight is 359 g/mol. The number of hydrogen-bond acceptors (Lipinski definition) is 2. The normalized spacial score (nSPS) is 10.4. The minimum Gasteiger partial charge on any atom is -0.325 e. The lowest BCUT2D eigenvalue weighted by molar-refractivity contribution is -0.116. The zero-order valence-electron chi connectivity index (χ0n) is 10.2. The molecule has 0 atom stereocenters. The van der Waals surface area contributed by atoms with Crippen molar-refractivity contribution in [3.05, 3.63) is 50.1 Å². The quantitative estimate of drug-likeness (QED) is 0.789. The van der Waals surface area contributed by atoms with Crippen molar-refractivity contribution in [3.63, 3.8) is 0 Å². The van der Waals surface area contributed by atoms with Gasteiger partial charge in [-0.2, -0.15) is 0 Å². The number of aryl methyl sites for hydroxylation is 1. The number of hydrogen-bond donors (Lipinski definition) is 1.